The van der Waals surface area contributed by atoms with E-state index < -0.39 is 37.6 Å². The molecule has 4 atom stereocenters. The molecule has 6 N–H and O–H groups in total. The van der Waals surface area contributed by atoms with Gasteiger partial charge in [-0.15, -0.1) is 0 Å². The lowest BCUT2D eigenvalue weighted by Crippen LogP contribution is -2.46. The Morgan fingerprint density at radius 1 is 0.667 bits per heavy atom. The van der Waals surface area contributed by atoms with Crippen LogP contribution in [0.25, 0.3) is 0 Å². The number of rotatable bonds is 5. The molecule has 0 heterocycles. The first kappa shape index (κ1) is 11.8. The summed E-state index contributed by atoms with van der Waals surface area (Å²) in [6.07, 6.45) is -6.39. The van der Waals surface area contributed by atoms with E-state index in [9.17, 15) is 0 Å². The minimum Gasteiger partial charge on any atom is -0.394 e. The van der Waals surface area contributed by atoms with Gasteiger partial charge in [-0.2, -0.15) is 0 Å². The molecule has 0 radical (unpaired) electrons. The predicted octanol–water partition coefficient (Wildman–Crippen LogP) is -3.59. The summed E-state index contributed by atoms with van der Waals surface area (Å²) < 4.78 is 0. The van der Waals surface area contributed by atoms with E-state index in [1.165, 1.54) is 0 Å². The highest BCUT2D eigenvalue weighted by Gasteiger charge is 2.29. The predicted molar refractivity (Wildman–Crippen MR) is 38.2 cm³/mol. The Morgan fingerprint density at radius 3 is 1.08 bits per heavy atom. The van der Waals surface area contributed by atoms with Gasteiger partial charge in [-0.25, -0.2) is 0 Å². The molecule has 0 rings (SSSR count). The lowest BCUT2D eigenvalue weighted by molar-refractivity contribution is -0.123. The van der Waals surface area contributed by atoms with E-state index >= 15 is 0 Å². The van der Waals surface area contributed by atoms with Gasteiger partial charge in [0.15, 0.2) is 0 Å². The van der Waals surface area contributed by atoms with Crippen LogP contribution in [0.1, 0.15) is 0 Å². The largest absolute Gasteiger partial charge is 0.394 e. The first-order valence-electron chi connectivity index (χ1n) is 3.48. The second-order valence-corrected chi connectivity index (χ2v) is 2.48. The monoisotopic (exact) mass is 188 g/mol. The smallest absolute Gasteiger partial charge is 0.111 e. The Kier molecular flexibility index (Phi) is 5.31. The fourth-order valence-electron chi connectivity index (χ4n) is 0.671. The molecule has 0 unspecified atom stereocenters. The minimum atomic E-state index is -1.67. The van der Waals surface area contributed by atoms with Crippen LogP contribution in [0, 0.1) is 0 Å². The summed E-state index contributed by atoms with van der Waals surface area (Å²) in [6.45, 7) is -1.45. The molecule has 0 aliphatic heterocycles. The summed E-state index contributed by atoms with van der Waals surface area (Å²) in [5, 5.41) is 52.2. The van der Waals surface area contributed by atoms with E-state index in [2.05, 4.69) is 0 Å². The topological polar surface area (TPSA) is 121 Å². The van der Waals surface area contributed by atoms with Crippen LogP contribution in [0.2, 0.25) is 0 Å². The van der Waals surface area contributed by atoms with Gasteiger partial charge in [0.2, 0.25) is 0 Å². The van der Waals surface area contributed by atoms with E-state index in [1.807, 2.05) is 0 Å². The summed E-state index contributed by atoms with van der Waals surface area (Å²) >= 11 is 0. The highest BCUT2D eigenvalue weighted by molar-refractivity contribution is 4.79. The van der Waals surface area contributed by atoms with Crippen LogP contribution in [-0.2, 0) is 0 Å². The molecule has 0 aromatic rings. The summed E-state index contributed by atoms with van der Waals surface area (Å²) in [5.74, 6) is 0. The maximum absolute atomic E-state index is 8.96. The second kappa shape index (κ2) is 5.41. The molecule has 0 aliphatic carbocycles. The third-order valence-corrected chi connectivity index (χ3v) is 1.51. The summed E-state index contributed by atoms with van der Waals surface area (Å²) in [6, 6.07) is 0. The molecule has 0 fully saturated rings. The van der Waals surface area contributed by atoms with Crippen molar-refractivity contribution in [1.82, 2.24) is 0 Å². The normalized spacial score (nSPS) is 21.5. The van der Waals surface area contributed by atoms with Crippen LogP contribution < -0.4 is 0 Å². The number of hydrogen-bond acceptors (Lipinski definition) is 6. The maximum Gasteiger partial charge on any atom is 0.111 e. The zero-order chi connectivity index (χ0) is 9.72. The van der Waals surface area contributed by atoms with E-state index in [4.69, 9.17) is 30.6 Å². The van der Waals surface area contributed by atoms with Crippen molar-refractivity contribution < 1.29 is 30.6 Å². The van der Waals surface area contributed by atoms with Crippen LogP contribution in [-0.4, -0.2) is 68.3 Å². The van der Waals surface area contributed by atoms with Gasteiger partial charge in [-0.3, -0.25) is 0 Å². The van der Waals surface area contributed by atoms with Gasteiger partial charge in [-0.1, -0.05) is 0 Å². The third-order valence-electron chi connectivity index (χ3n) is 1.51. The van der Waals surface area contributed by atoms with Crippen molar-refractivity contribution in [2.45, 2.75) is 24.4 Å². The van der Waals surface area contributed by atoms with Gasteiger partial charge < -0.3 is 30.6 Å². The van der Waals surface area contributed by atoms with Crippen molar-refractivity contribution in [1.29, 1.82) is 0 Å². The van der Waals surface area contributed by atoms with Crippen LogP contribution in [0.15, 0.2) is 0 Å². The molecular formula is C6H14O6. The molecule has 0 aromatic carbocycles. The average Bonchev–Trinajstić information content (AvgIpc) is 2.12. The fourth-order valence-corrected chi connectivity index (χ4v) is 0.671. The Morgan fingerprint density at radius 2 is 0.917 bits per heavy atom. The van der Waals surface area contributed by atoms with E-state index in [-0.39, 0.29) is 0 Å². The summed E-state index contributed by atoms with van der Waals surface area (Å²) in [7, 11) is 0. The van der Waals surface area contributed by atoms with Crippen molar-refractivity contribution in [2.75, 3.05) is 13.2 Å². The van der Waals surface area contributed by atoms with Crippen LogP contribution in [0.3, 0.4) is 0 Å². The zero-order valence-electron chi connectivity index (χ0n) is 6.41. The van der Waals surface area contributed by atoms with E-state index in [0.29, 0.717) is 0 Å². The standard InChI is InChI=1S/C6H14O6/c7-1-3(9)5(11)6(12)4(10)2-8/h3-12H,1-2H2/t3-,4-,5-,6-/m1/s1/i1+1,2+1,3+1,4+1,5+1,6+1. The molecule has 6 heteroatoms. The van der Waals surface area contributed by atoms with Gasteiger partial charge in [0, 0.05) is 0 Å². The SMILES string of the molecule is O[13CH2][13C@@H](O)[13C@@H](O)[13C@H](O)[13C@H](O)[13CH2]O. The zero-order valence-corrected chi connectivity index (χ0v) is 6.41. The second-order valence-electron chi connectivity index (χ2n) is 2.48. The van der Waals surface area contributed by atoms with Crippen LogP contribution >= 0.6 is 0 Å². The van der Waals surface area contributed by atoms with Crippen molar-refractivity contribution in [3.8, 4) is 0 Å². The number of hydrogen-bond donors (Lipinski definition) is 6. The van der Waals surface area contributed by atoms with Crippen LogP contribution in [0.5, 0.6) is 0 Å². The highest BCUT2D eigenvalue weighted by atomic mass is 16.6. The molecule has 0 aromatic heterocycles. The van der Waals surface area contributed by atoms with Gasteiger partial charge in [-0.05, 0) is 0 Å². The lowest BCUT2D eigenvalue weighted by Gasteiger charge is -2.24. The number of aliphatic hydroxyl groups is 6. The van der Waals surface area contributed by atoms with Crippen molar-refractivity contribution in [2.24, 2.45) is 0 Å². The molecule has 74 valence electrons. The Labute approximate surface area is 69.3 Å². The van der Waals surface area contributed by atoms with Gasteiger partial charge in [0.1, 0.15) is 24.4 Å². The quantitative estimate of drug-likeness (QED) is 0.248. The lowest BCUT2D eigenvalue weighted by atomic mass is 11.0. The van der Waals surface area contributed by atoms with Crippen molar-refractivity contribution >= 4 is 0 Å². The molecule has 0 spiro atoms. The van der Waals surface area contributed by atoms with Gasteiger partial charge in [0.05, 0.1) is 13.2 Å². The molecule has 0 saturated carbocycles. The first-order chi connectivity index (χ1) is 5.54. The van der Waals surface area contributed by atoms with Crippen molar-refractivity contribution in [3.63, 3.8) is 0 Å². The summed E-state index contributed by atoms with van der Waals surface area (Å²) in [5.41, 5.74) is 0. The average molecular weight is 188 g/mol. The Balaban J connectivity index is 3.99. The highest BCUT2D eigenvalue weighted by Crippen LogP contribution is 2.03. The Hall–Kier alpha value is -0.240. The molecule has 12 heavy (non-hydrogen) atoms. The molecule has 6 nitrogen and oxygen atoms in total. The molecule has 0 amide bonds. The minimum absolute atomic E-state index is 0.726. The summed E-state index contributed by atoms with van der Waals surface area (Å²) in [4.78, 5) is 0. The molecular weight excluding hydrogens is 174 g/mol. The van der Waals surface area contributed by atoms with Crippen molar-refractivity contribution in [3.05, 3.63) is 0 Å². The molecule has 0 aliphatic rings. The van der Waals surface area contributed by atoms with Gasteiger partial charge in [0.25, 0.3) is 0 Å². The fraction of sp³-hybridized carbons (Fsp3) is 1.00. The molecule has 0 saturated heterocycles. The maximum atomic E-state index is 8.96. The first-order valence-corrected chi connectivity index (χ1v) is 3.48. The van der Waals surface area contributed by atoms with E-state index in [1.54, 1.807) is 0 Å². The Bertz CT molecular complexity index is 105. The van der Waals surface area contributed by atoms with Gasteiger partial charge >= 0.3 is 0 Å². The third kappa shape index (κ3) is 3.02. The number of aliphatic hydroxyl groups excluding tert-OH is 6. The molecule has 0 bridgehead atoms. The van der Waals surface area contributed by atoms with Crippen LogP contribution in [0.4, 0.5) is 0 Å². The van der Waals surface area contributed by atoms with E-state index in [0.717, 1.165) is 0 Å².